The van der Waals surface area contributed by atoms with Crippen molar-refractivity contribution < 1.29 is 23.4 Å². The highest BCUT2D eigenvalue weighted by atomic mass is 19.2. The van der Waals surface area contributed by atoms with E-state index in [0.717, 1.165) is 12.1 Å². The molecular weight excluding hydrogens is 280 g/mol. The molecule has 1 amide bonds. The Morgan fingerprint density at radius 3 is 2.90 bits per heavy atom. The molecule has 0 spiro atoms. The van der Waals surface area contributed by atoms with Gasteiger partial charge in [0.1, 0.15) is 5.60 Å². The summed E-state index contributed by atoms with van der Waals surface area (Å²) in [5.41, 5.74) is -0.348. The summed E-state index contributed by atoms with van der Waals surface area (Å²) in [4.78, 5) is 12.0. The van der Waals surface area contributed by atoms with Gasteiger partial charge in [-0.2, -0.15) is 0 Å². The van der Waals surface area contributed by atoms with Crippen LogP contribution in [0.3, 0.4) is 0 Å². The lowest BCUT2D eigenvalue weighted by atomic mass is 10.0. The third kappa shape index (κ3) is 3.06. The molecule has 1 aliphatic heterocycles. The summed E-state index contributed by atoms with van der Waals surface area (Å²) in [6.07, 6.45) is 1.12. The Balaban J connectivity index is 1.54. The zero-order valence-electron chi connectivity index (χ0n) is 11.4. The van der Waals surface area contributed by atoms with E-state index in [-0.39, 0.29) is 30.9 Å². The van der Waals surface area contributed by atoms with E-state index in [0.29, 0.717) is 25.0 Å². The molecule has 1 saturated carbocycles. The van der Waals surface area contributed by atoms with Gasteiger partial charge in [-0.15, -0.1) is 0 Å². The molecular formula is C15H17F2NO3. The zero-order chi connectivity index (χ0) is 15.0. The minimum absolute atomic E-state index is 0.0745. The monoisotopic (exact) mass is 297 g/mol. The molecule has 3 rings (SSSR count). The Morgan fingerprint density at radius 1 is 1.43 bits per heavy atom. The van der Waals surface area contributed by atoms with Crippen molar-refractivity contribution in [1.82, 2.24) is 5.32 Å². The number of halogens is 2. The molecule has 1 saturated heterocycles. The normalized spacial score (nSPS) is 31.2. The van der Waals surface area contributed by atoms with E-state index in [4.69, 9.17) is 4.74 Å². The first-order valence-electron chi connectivity index (χ1n) is 7.01. The van der Waals surface area contributed by atoms with E-state index in [1.807, 2.05) is 0 Å². The van der Waals surface area contributed by atoms with E-state index >= 15 is 0 Å². The maximum atomic E-state index is 13.2. The van der Waals surface area contributed by atoms with Crippen molar-refractivity contribution in [3.05, 3.63) is 35.4 Å². The largest absolute Gasteiger partial charge is 0.386 e. The number of rotatable bonds is 4. The van der Waals surface area contributed by atoms with E-state index < -0.39 is 17.2 Å². The standard InChI is InChI=1S/C15H17F2NO3/c16-12-2-1-9(5-13(12)17)10-6-11(10)14(19)18-7-15(20)3-4-21-8-15/h1-2,5,10-11,20H,3-4,6-8H2,(H,18,19)/t10-,11+,15-/m1/s1. The average molecular weight is 297 g/mol. The quantitative estimate of drug-likeness (QED) is 0.881. The lowest BCUT2D eigenvalue weighted by Gasteiger charge is -2.20. The van der Waals surface area contributed by atoms with Gasteiger partial charge in [0.25, 0.3) is 0 Å². The summed E-state index contributed by atoms with van der Waals surface area (Å²) in [5, 5.41) is 12.8. The Hall–Kier alpha value is -1.53. The average Bonchev–Trinajstić information content (AvgIpc) is 3.15. The molecule has 0 radical (unpaired) electrons. The Labute approximate surface area is 121 Å². The number of carbonyl (C=O) groups is 1. The molecule has 21 heavy (non-hydrogen) atoms. The van der Waals surface area contributed by atoms with Crippen LogP contribution in [-0.2, 0) is 9.53 Å². The van der Waals surface area contributed by atoms with Crippen molar-refractivity contribution in [2.24, 2.45) is 5.92 Å². The number of amides is 1. The number of aliphatic hydroxyl groups is 1. The van der Waals surface area contributed by atoms with Gasteiger partial charge in [0.05, 0.1) is 6.61 Å². The smallest absolute Gasteiger partial charge is 0.223 e. The molecule has 1 aromatic rings. The van der Waals surface area contributed by atoms with Crippen molar-refractivity contribution in [1.29, 1.82) is 0 Å². The minimum Gasteiger partial charge on any atom is -0.386 e. The van der Waals surface area contributed by atoms with E-state index in [2.05, 4.69) is 5.32 Å². The lowest BCUT2D eigenvalue weighted by Crippen LogP contribution is -2.43. The third-order valence-corrected chi connectivity index (χ3v) is 4.17. The molecule has 6 heteroatoms. The van der Waals surface area contributed by atoms with Crippen LogP contribution >= 0.6 is 0 Å². The molecule has 2 aliphatic rings. The Morgan fingerprint density at radius 2 is 2.24 bits per heavy atom. The fourth-order valence-electron chi connectivity index (χ4n) is 2.71. The number of hydrogen-bond acceptors (Lipinski definition) is 3. The topological polar surface area (TPSA) is 58.6 Å². The predicted octanol–water partition coefficient (Wildman–Crippen LogP) is 1.34. The maximum absolute atomic E-state index is 13.2. The third-order valence-electron chi connectivity index (χ3n) is 4.17. The van der Waals surface area contributed by atoms with Crippen molar-refractivity contribution >= 4 is 5.91 Å². The van der Waals surface area contributed by atoms with Gasteiger partial charge in [0.15, 0.2) is 11.6 Å². The zero-order valence-corrected chi connectivity index (χ0v) is 11.4. The summed E-state index contributed by atoms with van der Waals surface area (Å²) < 4.78 is 31.2. The van der Waals surface area contributed by atoms with E-state index in [1.165, 1.54) is 6.07 Å². The number of benzene rings is 1. The van der Waals surface area contributed by atoms with Gasteiger partial charge in [-0.05, 0) is 30.0 Å². The van der Waals surface area contributed by atoms with Gasteiger partial charge in [0, 0.05) is 25.5 Å². The highest BCUT2D eigenvalue weighted by Crippen LogP contribution is 2.47. The highest BCUT2D eigenvalue weighted by molar-refractivity contribution is 5.82. The van der Waals surface area contributed by atoms with Crippen LogP contribution in [-0.4, -0.2) is 36.4 Å². The fraction of sp³-hybridized carbons (Fsp3) is 0.533. The van der Waals surface area contributed by atoms with Gasteiger partial charge in [-0.3, -0.25) is 4.79 Å². The molecule has 114 valence electrons. The first kappa shape index (κ1) is 14.4. The summed E-state index contributed by atoms with van der Waals surface area (Å²) in [6.45, 7) is 0.880. The summed E-state index contributed by atoms with van der Waals surface area (Å²) in [5.74, 6) is -2.25. The SMILES string of the molecule is O=C(NC[C@]1(O)CCOC1)[C@H]1C[C@@H]1c1ccc(F)c(F)c1. The fourth-order valence-corrected chi connectivity index (χ4v) is 2.71. The molecule has 1 heterocycles. The first-order valence-corrected chi connectivity index (χ1v) is 7.01. The predicted molar refractivity (Wildman–Crippen MR) is 70.6 cm³/mol. The highest BCUT2D eigenvalue weighted by Gasteiger charge is 2.45. The lowest BCUT2D eigenvalue weighted by molar-refractivity contribution is -0.123. The van der Waals surface area contributed by atoms with Crippen molar-refractivity contribution in [3.8, 4) is 0 Å². The second kappa shape index (κ2) is 5.35. The van der Waals surface area contributed by atoms with E-state index in [1.54, 1.807) is 0 Å². The summed E-state index contributed by atoms with van der Waals surface area (Å²) >= 11 is 0. The molecule has 4 nitrogen and oxygen atoms in total. The molecule has 1 aromatic carbocycles. The number of carbonyl (C=O) groups excluding carboxylic acids is 1. The van der Waals surface area contributed by atoms with E-state index in [9.17, 15) is 18.7 Å². The van der Waals surface area contributed by atoms with Crippen LogP contribution in [0.1, 0.15) is 24.3 Å². The van der Waals surface area contributed by atoms with Crippen molar-refractivity contribution in [3.63, 3.8) is 0 Å². The molecule has 1 aliphatic carbocycles. The second-order valence-corrected chi connectivity index (χ2v) is 5.87. The summed E-state index contributed by atoms with van der Waals surface area (Å²) in [7, 11) is 0. The van der Waals surface area contributed by atoms with Crippen LogP contribution in [0.5, 0.6) is 0 Å². The Kier molecular flexibility index (Phi) is 3.67. The van der Waals surface area contributed by atoms with Gasteiger partial charge in [0.2, 0.25) is 5.91 Å². The van der Waals surface area contributed by atoms with Crippen molar-refractivity contribution in [2.75, 3.05) is 19.8 Å². The van der Waals surface area contributed by atoms with Gasteiger partial charge in [-0.1, -0.05) is 6.07 Å². The minimum atomic E-state index is -0.984. The first-order chi connectivity index (χ1) is 9.98. The van der Waals surface area contributed by atoms with Crippen LogP contribution in [0, 0.1) is 17.6 Å². The van der Waals surface area contributed by atoms with Crippen LogP contribution in [0.2, 0.25) is 0 Å². The van der Waals surface area contributed by atoms with Crippen molar-refractivity contribution in [2.45, 2.75) is 24.4 Å². The van der Waals surface area contributed by atoms with Gasteiger partial charge in [-0.25, -0.2) is 8.78 Å². The molecule has 3 atom stereocenters. The number of nitrogens with one attached hydrogen (secondary N) is 1. The Bertz CT molecular complexity index is 558. The van der Waals surface area contributed by atoms with Gasteiger partial charge >= 0.3 is 0 Å². The van der Waals surface area contributed by atoms with Crippen LogP contribution in [0.4, 0.5) is 8.78 Å². The molecule has 2 N–H and O–H groups in total. The second-order valence-electron chi connectivity index (χ2n) is 5.87. The number of ether oxygens (including phenoxy) is 1. The van der Waals surface area contributed by atoms with Gasteiger partial charge < -0.3 is 15.2 Å². The molecule has 0 bridgehead atoms. The maximum Gasteiger partial charge on any atom is 0.223 e. The van der Waals surface area contributed by atoms with Crippen LogP contribution in [0.15, 0.2) is 18.2 Å². The summed E-state index contributed by atoms with van der Waals surface area (Å²) in [6, 6.07) is 3.73. The van der Waals surface area contributed by atoms with Crippen LogP contribution < -0.4 is 5.32 Å². The van der Waals surface area contributed by atoms with Crippen LogP contribution in [0.25, 0.3) is 0 Å². The molecule has 2 fully saturated rings. The molecule has 0 unspecified atom stereocenters. The number of hydrogen-bond donors (Lipinski definition) is 2. The molecule has 0 aromatic heterocycles.